The Labute approximate surface area is 239 Å². The van der Waals surface area contributed by atoms with E-state index in [1.165, 1.54) is 5.56 Å². The molecule has 0 unspecified atom stereocenters. The summed E-state index contributed by atoms with van der Waals surface area (Å²) in [5, 5.41) is 12.9. The van der Waals surface area contributed by atoms with E-state index in [0.717, 1.165) is 53.1 Å². The zero-order valence-electron chi connectivity index (χ0n) is 21.8. The minimum Gasteiger partial charge on any atom is -0.339 e. The molecule has 212 valence electrons. The van der Waals surface area contributed by atoms with Crippen molar-refractivity contribution in [2.75, 3.05) is 21.3 Å². The molecule has 0 fully saturated rings. The van der Waals surface area contributed by atoms with Crippen molar-refractivity contribution in [3.63, 3.8) is 0 Å². The van der Waals surface area contributed by atoms with Crippen molar-refractivity contribution in [3.8, 4) is 0 Å². The van der Waals surface area contributed by atoms with Crippen molar-refractivity contribution in [3.05, 3.63) is 94.6 Å². The fourth-order valence-electron chi connectivity index (χ4n) is 4.02. The maximum Gasteiger partial charge on any atom is 0.446 e. The van der Waals surface area contributed by atoms with E-state index in [2.05, 4.69) is 50.3 Å². The molecule has 0 spiro atoms. The highest BCUT2D eigenvalue weighted by molar-refractivity contribution is 6.32. The third-order valence-corrected chi connectivity index (χ3v) is 6.23. The van der Waals surface area contributed by atoms with Crippen LogP contribution < -0.4 is 21.3 Å². The summed E-state index contributed by atoms with van der Waals surface area (Å²) in [6, 6.07) is 21.5. The summed E-state index contributed by atoms with van der Waals surface area (Å²) in [7, 11) is 0. The van der Waals surface area contributed by atoms with Crippen LogP contribution in [0.3, 0.4) is 0 Å². The molecule has 2 amide bonds. The van der Waals surface area contributed by atoms with Gasteiger partial charge in [-0.2, -0.15) is 18.2 Å². The molecule has 12 heteroatoms. The van der Waals surface area contributed by atoms with E-state index < -0.39 is 12.5 Å². The van der Waals surface area contributed by atoms with Crippen LogP contribution in [-0.4, -0.2) is 28.5 Å². The summed E-state index contributed by atoms with van der Waals surface area (Å²) in [5.41, 5.74) is 6.55. The van der Waals surface area contributed by atoms with Crippen molar-refractivity contribution in [2.45, 2.75) is 32.4 Å². The van der Waals surface area contributed by atoms with E-state index in [0.29, 0.717) is 16.8 Å². The monoisotopic (exact) mass is 582 g/mol. The number of amides is 2. The van der Waals surface area contributed by atoms with Gasteiger partial charge in [-0.05, 0) is 78.4 Å². The van der Waals surface area contributed by atoms with Crippen LogP contribution in [0.25, 0.3) is 0 Å². The Morgan fingerprint density at radius 1 is 1.00 bits per heavy atom. The minimum absolute atomic E-state index is 0.284. The normalized spacial score (nSPS) is 12.0. The highest BCUT2D eigenvalue weighted by Gasteiger charge is 2.25. The molecule has 3 aromatic carbocycles. The molecule has 2 heterocycles. The number of hydrogen-bond donors (Lipinski definition) is 4. The molecule has 6 bridgehead atoms. The first-order valence-electron chi connectivity index (χ1n) is 12.6. The van der Waals surface area contributed by atoms with Crippen molar-refractivity contribution in [2.24, 2.45) is 0 Å². The van der Waals surface area contributed by atoms with Gasteiger partial charge in [-0.3, -0.25) is 4.79 Å². The van der Waals surface area contributed by atoms with Gasteiger partial charge in [0.05, 0.1) is 6.20 Å². The Bertz CT molecular complexity index is 1550. The lowest BCUT2D eigenvalue weighted by atomic mass is 10.0. The van der Waals surface area contributed by atoms with Crippen LogP contribution >= 0.6 is 11.6 Å². The summed E-state index contributed by atoms with van der Waals surface area (Å²) in [5.74, 6) is 0.954. The van der Waals surface area contributed by atoms with Crippen LogP contribution in [0.15, 0.2) is 72.9 Å². The number of aldehydes is 1. The van der Waals surface area contributed by atoms with Crippen LogP contribution in [0.4, 0.5) is 52.5 Å². The fraction of sp³-hybridized carbons (Fsp3) is 0.172. The zero-order valence-corrected chi connectivity index (χ0v) is 22.6. The predicted octanol–water partition coefficient (Wildman–Crippen LogP) is 7.67. The molecule has 0 radical (unpaired) electrons. The maximum atomic E-state index is 12.8. The second-order valence-electron chi connectivity index (χ2n) is 9.00. The van der Waals surface area contributed by atoms with Gasteiger partial charge >= 0.3 is 12.2 Å². The molecule has 8 nitrogen and oxygen atoms in total. The minimum atomic E-state index is -4.64. The number of nitrogens with one attached hydrogen (secondary N) is 4. The highest BCUT2D eigenvalue weighted by atomic mass is 35.5. The number of carbonyl (C=O) groups excluding carboxylic acids is 2. The van der Waals surface area contributed by atoms with Crippen LogP contribution in [0.1, 0.15) is 23.6 Å². The van der Waals surface area contributed by atoms with Gasteiger partial charge in [0.15, 0.2) is 5.82 Å². The predicted molar refractivity (Wildman–Crippen MR) is 154 cm³/mol. The summed E-state index contributed by atoms with van der Waals surface area (Å²) < 4.78 is 31.2. The number of hydrogen-bond acceptors (Lipinski definition) is 6. The zero-order chi connectivity index (χ0) is 29.4. The van der Waals surface area contributed by atoms with Crippen molar-refractivity contribution in [1.82, 2.24) is 9.97 Å². The summed E-state index contributed by atoms with van der Waals surface area (Å²) in [6.45, 7) is 2.09. The van der Waals surface area contributed by atoms with Crippen molar-refractivity contribution >= 4 is 58.4 Å². The van der Waals surface area contributed by atoms with Gasteiger partial charge in [-0.1, -0.05) is 42.8 Å². The fourth-order valence-corrected chi connectivity index (χ4v) is 4.16. The lowest BCUT2D eigenvalue weighted by Crippen LogP contribution is -2.20. The van der Waals surface area contributed by atoms with Gasteiger partial charge in [0.1, 0.15) is 5.02 Å². The van der Waals surface area contributed by atoms with Crippen LogP contribution in [0.2, 0.25) is 5.02 Å². The van der Waals surface area contributed by atoms with E-state index in [4.69, 9.17) is 16.4 Å². The number of carbonyl (C=O) groups is 2. The number of nitrogens with zero attached hydrogens (tertiary/aromatic N) is 2. The van der Waals surface area contributed by atoms with E-state index in [9.17, 15) is 18.0 Å². The Hall–Kier alpha value is -4.64. The molecule has 1 aromatic heterocycles. The van der Waals surface area contributed by atoms with Crippen LogP contribution in [-0.2, 0) is 24.1 Å². The van der Waals surface area contributed by atoms with Gasteiger partial charge in [0.2, 0.25) is 12.2 Å². The molecule has 0 saturated carbocycles. The first-order valence-corrected chi connectivity index (χ1v) is 13.0. The number of aromatic nitrogens is 2. The van der Waals surface area contributed by atoms with Crippen LogP contribution in [0, 0.1) is 0 Å². The smallest absolute Gasteiger partial charge is 0.339 e. The van der Waals surface area contributed by atoms with E-state index >= 15 is 0 Å². The second kappa shape index (κ2) is 13.1. The molecule has 0 saturated heterocycles. The first kappa shape index (κ1) is 29.3. The highest BCUT2D eigenvalue weighted by Crippen LogP contribution is 2.29. The molecule has 1 aliphatic heterocycles. The first-order chi connectivity index (χ1) is 19.6. The molecule has 4 aromatic rings. The van der Waals surface area contributed by atoms with E-state index in [1.807, 2.05) is 54.6 Å². The van der Waals surface area contributed by atoms with Gasteiger partial charge in [0.25, 0.3) is 0 Å². The summed E-state index contributed by atoms with van der Waals surface area (Å²) in [4.78, 5) is 30.3. The Balaban J connectivity index is 0.000000585. The number of urea groups is 1. The number of aryl methyl sites for hydroxylation is 3. The summed E-state index contributed by atoms with van der Waals surface area (Å²) >= 11 is 6.35. The molecule has 5 rings (SSSR count). The molecule has 4 N–H and O–H groups in total. The lowest BCUT2D eigenvalue weighted by molar-refractivity contribution is -0.156. The third kappa shape index (κ3) is 8.67. The Kier molecular flexibility index (Phi) is 9.41. The molecule has 0 atom stereocenters. The number of fused-ring (bicyclic) bond motifs is 6. The topological polar surface area (TPSA) is 108 Å². The number of benzene rings is 3. The summed E-state index contributed by atoms with van der Waals surface area (Å²) in [6.07, 6.45) is -1.70. The quantitative estimate of drug-likeness (QED) is 0.185. The number of halogens is 4. The second-order valence-corrected chi connectivity index (χ2v) is 9.41. The van der Waals surface area contributed by atoms with Gasteiger partial charge in [0, 0.05) is 22.7 Å². The number of alkyl halides is 3. The molecular weight excluding hydrogens is 557 g/mol. The number of rotatable bonds is 3. The van der Waals surface area contributed by atoms with E-state index in [1.54, 1.807) is 6.20 Å². The molecular formula is C29H26ClF3N6O2. The lowest BCUT2D eigenvalue weighted by Gasteiger charge is -2.15. The number of anilines is 6. The molecule has 0 aliphatic carbocycles. The van der Waals surface area contributed by atoms with Crippen molar-refractivity contribution < 1.29 is 22.8 Å². The molecule has 1 aliphatic rings. The van der Waals surface area contributed by atoms with Gasteiger partial charge < -0.3 is 21.3 Å². The average Bonchev–Trinajstić information content (AvgIpc) is 2.95. The largest absolute Gasteiger partial charge is 0.446 e. The van der Waals surface area contributed by atoms with Crippen LogP contribution in [0.5, 0.6) is 0 Å². The Morgan fingerprint density at radius 3 is 2.51 bits per heavy atom. The van der Waals surface area contributed by atoms with Gasteiger partial charge in [-0.15, -0.1) is 0 Å². The molecule has 41 heavy (non-hydrogen) atoms. The SMILES string of the molecule is CCc1cccc(NC(=O)Nc2ccc3cc2CCc2cccc(c2)Nc2ncc(Cl)c(n2)N3)c1.O=CC(F)(F)F. The maximum absolute atomic E-state index is 12.8. The third-order valence-electron chi connectivity index (χ3n) is 5.95. The average molecular weight is 583 g/mol. The standard InChI is InChI=1S/C27H25ClN6O.C2HF3O/c1-2-17-5-3-8-21(13-17)32-27(35)33-24-12-11-22-15-19(24)10-9-18-6-4-7-20(14-18)31-26-29-16-23(28)25(30-22)34-26;3-2(4,5)1-6/h3-8,11-16H,2,9-10H2,1H3,(H2,32,33,35)(H2,29,30,31,34);1H. The van der Waals surface area contributed by atoms with E-state index in [-0.39, 0.29) is 6.03 Å². The van der Waals surface area contributed by atoms with Crippen molar-refractivity contribution in [1.29, 1.82) is 0 Å². The Morgan fingerprint density at radius 2 is 1.76 bits per heavy atom. The van der Waals surface area contributed by atoms with Gasteiger partial charge in [-0.25, -0.2) is 9.78 Å².